The van der Waals surface area contributed by atoms with Gasteiger partial charge in [0.25, 0.3) is 0 Å². The molecule has 1 heterocycles. The molecule has 0 aliphatic carbocycles. The Labute approximate surface area is 177 Å². The second kappa shape index (κ2) is 10.6. The Bertz CT molecular complexity index is 1010. The van der Waals surface area contributed by atoms with Gasteiger partial charge in [-0.1, -0.05) is 6.92 Å². The predicted octanol–water partition coefficient (Wildman–Crippen LogP) is -2.48. The lowest BCUT2D eigenvalue weighted by atomic mass is 9.99. The fraction of sp³-hybridized carbons (Fsp3) is 1.00. The van der Waals surface area contributed by atoms with Crippen LogP contribution in [0, 0.1) is 0 Å². The molecule has 0 spiro atoms. The Hall–Kier alpha value is -0.600. The molecule has 0 aromatic rings. The van der Waals surface area contributed by atoms with Gasteiger partial charge in [-0.15, -0.1) is 0 Å². The molecule has 0 amide bonds. The van der Waals surface area contributed by atoms with Crippen LogP contribution in [0.15, 0.2) is 0 Å². The van der Waals surface area contributed by atoms with Gasteiger partial charge >= 0.3 is 41.6 Å². The van der Waals surface area contributed by atoms with E-state index < -0.39 is 78.9 Å². The van der Waals surface area contributed by atoms with Crippen molar-refractivity contribution in [2.45, 2.75) is 44.1 Å². The smallest absolute Gasteiger partial charge is 0.350 e. The standard InChI is InChI=1S/C9H18O18S4/c1-2-3-22-9-8(27-31(19,20)21)7(26-30(16,17)18)6(25-29(13,14)15)5(24-9)4-23-28(10,11)12/h5-9H,2-4H2,1H3,(H,10,11,12)(H,13,14,15)(H,16,17,18)(H,19,20,21)/t5-,6-,7+,8+,9-/m1/s1. The number of hydrogen-bond donors (Lipinski definition) is 4. The lowest BCUT2D eigenvalue weighted by Crippen LogP contribution is -2.63. The molecule has 1 fully saturated rings. The van der Waals surface area contributed by atoms with E-state index in [1.54, 1.807) is 6.92 Å². The summed E-state index contributed by atoms with van der Waals surface area (Å²) in [7, 11) is -21.7. The molecular weight excluding hydrogens is 524 g/mol. The molecule has 0 radical (unpaired) electrons. The average molecular weight is 542 g/mol. The van der Waals surface area contributed by atoms with E-state index in [1.807, 2.05) is 0 Å². The van der Waals surface area contributed by atoms with Crippen LogP contribution in [-0.2, 0) is 67.8 Å². The molecule has 31 heavy (non-hydrogen) atoms. The van der Waals surface area contributed by atoms with Crippen molar-refractivity contribution in [3.63, 3.8) is 0 Å². The summed E-state index contributed by atoms with van der Waals surface area (Å²) in [6.45, 7) is -0.0178. The van der Waals surface area contributed by atoms with Crippen LogP contribution >= 0.6 is 0 Å². The van der Waals surface area contributed by atoms with Gasteiger partial charge in [-0.3, -0.25) is 18.2 Å². The Kier molecular flexibility index (Phi) is 9.68. The molecule has 0 saturated carbocycles. The van der Waals surface area contributed by atoms with E-state index in [0.717, 1.165) is 0 Å². The van der Waals surface area contributed by atoms with Gasteiger partial charge in [0.15, 0.2) is 12.4 Å². The zero-order valence-corrected chi connectivity index (χ0v) is 18.4. The van der Waals surface area contributed by atoms with Crippen LogP contribution in [0.5, 0.6) is 0 Å². The van der Waals surface area contributed by atoms with Crippen molar-refractivity contribution in [2.24, 2.45) is 0 Å². The van der Waals surface area contributed by atoms with Crippen LogP contribution < -0.4 is 0 Å². The molecule has 1 rings (SSSR count). The minimum absolute atomic E-state index is 0.236. The van der Waals surface area contributed by atoms with E-state index in [1.165, 1.54) is 0 Å². The van der Waals surface area contributed by atoms with Gasteiger partial charge in [0, 0.05) is 6.61 Å². The molecule has 0 bridgehead atoms. The lowest BCUT2D eigenvalue weighted by Gasteiger charge is -2.43. The highest BCUT2D eigenvalue weighted by Gasteiger charge is 2.54. The number of ether oxygens (including phenoxy) is 2. The van der Waals surface area contributed by atoms with E-state index in [-0.39, 0.29) is 13.0 Å². The summed E-state index contributed by atoms with van der Waals surface area (Å²) in [6.07, 6.45) is -11.4. The Morgan fingerprint density at radius 2 is 1.16 bits per heavy atom. The van der Waals surface area contributed by atoms with Gasteiger partial charge in [0.05, 0.1) is 6.61 Å². The van der Waals surface area contributed by atoms with E-state index >= 15 is 0 Å². The van der Waals surface area contributed by atoms with Gasteiger partial charge in [-0.25, -0.2) is 16.7 Å². The molecule has 4 N–H and O–H groups in total. The number of hydrogen-bond acceptors (Lipinski definition) is 14. The van der Waals surface area contributed by atoms with E-state index in [4.69, 9.17) is 27.7 Å². The average Bonchev–Trinajstić information content (AvgIpc) is 2.51. The second-order valence-corrected chi connectivity index (χ2v) is 9.83. The van der Waals surface area contributed by atoms with Gasteiger partial charge in [0.1, 0.15) is 18.3 Å². The van der Waals surface area contributed by atoms with Crippen LogP contribution in [0.4, 0.5) is 0 Å². The van der Waals surface area contributed by atoms with Crippen LogP contribution in [0.2, 0.25) is 0 Å². The van der Waals surface area contributed by atoms with E-state index in [2.05, 4.69) is 16.7 Å². The zero-order valence-electron chi connectivity index (χ0n) is 15.1. The SMILES string of the molecule is CCCO[C@@H]1O[C@H](COS(=O)(=O)O)[C@@H](OS(=O)(=O)O)[C@H](OS(=O)(=O)O)[C@@H]1OS(=O)(=O)O. The fourth-order valence-electron chi connectivity index (χ4n) is 2.28. The van der Waals surface area contributed by atoms with E-state index in [9.17, 15) is 33.7 Å². The molecular formula is C9H18O18S4. The highest BCUT2D eigenvalue weighted by Crippen LogP contribution is 2.32. The van der Waals surface area contributed by atoms with Crippen molar-refractivity contribution in [1.29, 1.82) is 0 Å². The molecule has 1 saturated heterocycles. The third-order valence-electron chi connectivity index (χ3n) is 3.16. The maximum absolute atomic E-state index is 11.2. The Balaban J connectivity index is 3.54. The van der Waals surface area contributed by atoms with Gasteiger partial charge in [-0.2, -0.15) is 33.7 Å². The highest BCUT2D eigenvalue weighted by atomic mass is 32.3. The monoisotopic (exact) mass is 542 g/mol. The first kappa shape index (κ1) is 28.4. The van der Waals surface area contributed by atoms with Crippen LogP contribution in [0.3, 0.4) is 0 Å². The predicted molar refractivity (Wildman–Crippen MR) is 91.7 cm³/mol. The molecule has 18 nitrogen and oxygen atoms in total. The Morgan fingerprint density at radius 1 is 0.710 bits per heavy atom. The zero-order chi connectivity index (χ0) is 24.3. The van der Waals surface area contributed by atoms with Crippen LogP contribution in [0.25, 0.3) is 0 Å². The molecule has 22 heteroatoms. The molecule has 5 atom stereocenters. The molecule has 186 valence electrons. The largest absolute Gasteiger partial charge is 0.397 e. The van der Waals surface area contributed by atoms with Gasteiger partial charge in [-0.05, 0) is 6.42 Å². The second-order valence-electron chi connectivity index (χ2n) is 5.59. The number of rotatable bonds is 12. The minimum atomic E-state index is -5.54. The maximum Gasteiger partial charge on any atom is 0.397 e. The minimum Gasteiger partial charge on any atom is -0.350 e. The van der Waals surface area contributed by atoms with Crippen molar-refractivity contribution in [2.75, 3.05) is 13.2 Å². The summed E-state index contributed by atoms with van der Waals surface area (Å²) in [5.74, 6) is 0. The first-order chi connectivity index (χ1) is 13.8. The summed E-state index contributed by atoms with van der Waals surface area (Å²) < 4.78 is 151. The van der Waals surface area contributed by atoms with Crippen molar-refractivity contribution >= 4 is 41.6 Å². The van der Waals surface area contributed by atoms with Gasteiger partial charge in [0.2, 0.25) is 0 Å². The lowest BCUT2D eigenvalue weighted by molar-refractivity contribution is -0.286. The third-order valence-corrected chi connectivity index (χ3v) is 4.99. The molecule has 0 aromatic heterocycles. The fourth-order valence-corrected chi connectivity index (χ4v) is 4.08. The molecule has 0 aromatic carbocycles. The third kappa shape index (κ3) is 11.2. The summed E-state index contributed by atoms with van der Waals surface area (Å²) in [5, 5.41) is 0. The van der Waals surface area contributed by atoms with E-state index in [0.29, 0.717) is 0 Å². The summed E-state index contributed by atoms with van der Waals surface area (Å²) in [4.78, 5) is 0. The van der Waals surface area contributed by atoms with Crippen molar-refractivity contribution < 1.29 is 78.1 Å². The quantitative estimate of drug-likeness (QED) is 0.186. The summed E-state index contributed by atoms with van der Waals surface area (Å²) in [5.41, 5.74) is 0. The normalized spacial score (nSPS) is 28.5. The first-order valence-corrected chi connectivity index (χ1v) is 13.1. The van der Waals surface area contributed by atoms with Crippen molar-refractivity contribution in [1.82, 2.24) is 0 Å². The molecule has 0 unspecified atom stereocenters. The van der Waals surface area contributed by atoms with Crippen molar-refractivity contribution in [3.8, 4) is 0 Å². The first-order valence-electron chi connectivity index (χ1n) is 7.67. The highest BCUT2D eigenvalue weighted by molar-refractivity contribution is 7.81. The topological polar surface area (TPSA) is 273 Å². The summed E-state index contributed by atoms with van der Waals surface area (Å²) >= 11 is 0. The van der Waals surface area contributed by atoms with Crippen molar-refractivity contribution in [3.05, 3.63) is 0 Å². The molecule has 1 aliphatic rings. The van der Waals surface area contributed by atoms with Crippen LogP contribution in [0.1, 0.15) is 13.3 Å². The Morgan fingerprint density at radius 3 is 1.58 bits per heavy atom. The molecule has 1 aliphatic heterocycles. The summed E-state index contributed by atoms with van der Waals surface area (Å²) in [6, 6.07) is 0. The maximum atomic E-state index is 11.2. The van der Waals surface area contributed by atoms with Gasteiger partial charge < -0.3 is 9.47 Å². The van der Waals surface area contributed by atoms with Crippen LogP contribution in [-0.4, -0.2) is 95.8 Å².